The van der Waals surface area contributed by atoms with E-state index in [0.29, 0.717) is 6.42 Å². The Balaban J connectivity index is 2.54. The second kappa shape index (κ2) is 2.54. The molecule has 0 aliphatic carbocycles. The van der Waals surface area contributed by atoms with E-state index in [1.54, 1.807) is 0 Å². The van der Waals surface area contributed by atoms with Crippen molar-refractivity contribution in [1.82, 2.24) is 0 Å². The first-order valence-corrected chi connectivity index (χ1v) is 2.13. The monoisotopic (exact) mass is 91.0 g/mol. The molecule has 1 radical (unpaired) electrons. The highest BCUT2D eigenvalue weighted by molar-refractivity contribution is 7.80. The van der Waals surface area contributed by atoms with Crippen LogP contribution in [0.25, 0.3) is 0 Å². The predicted octanol–water partition coefficient (Wildman–Crippen LogP) is 1.08. The summed E-state index contributed by atoms with van der Waals surface area (Å²) in [4.78, 5) is 0. The first kappa shape index (κ1) is 5.31. The van der Waals surface area contributed by atoms with Gasteiger partial charge >= 0.3 is 0 Å². The molecule has 0 fully saturated rings. The molecule has 0 heterocycles. The van der Waals surface area contributed by atoms with Crippen LogP contribution in [0.3, 0.4) is 0 Å². The second-order valence-electron chi connectivity index (χ2n) is 0.863. The van der Waals surface area contributed by atoms with Gasteiger partial charge in [-0.25, -0.2) is 5.11 Å². The molecule has 0 aromatic rings. The molecule has 0 spiro atoms. The average Bonchev–Trinajstić information content (AvgIpc) is 1.38. The standard InChI is InChI=1S/C3H7OS/c1-2-3(4)5/h3,5H,2H2,1H3. The van der Waals surface area contributed by atoms with Crippen molar-refractivity contribution in [3.05, 3.63) is 0 Å². The van der Waals surface area contributed by atoms with Crippen LogP contribution in [0.1, 0.15) is 13.3 Å². The maximum absolute atomic E-state index is 9.76. The molecule has 0 aromatic carbocycles. The van der Waals surface area contributed by atoms with E-state index in [4.69, 9.17) is 0 Å². The van der Waals surface area contributed by atoms with Gasteiger partial charge in [0.15, 0.2) is 0 Å². The molecular weight excluding hydrogens is 84.1 g/mol. The summed E-state index contributed by atoms with van der Waals surface area (Å²) in [5.74, 6) is 0. The lowest BCUT2D eigenvalue weighted by molar-refractivity contribution is 0.164. The van der Waals surface area contributed by atoms with E-state index < -0.39 is 5.44 Å². The molecule has 0 rings (SSSR count). The van der Waals surface area contributed by atoms with Crippen LogP contribution in [0.4, 0.5) is 0 Å². The molecule has 0 aliphatic heterocycles. The van der Waals surface area contributed by atoms with Gasteiger partial charge in [-0.05, 0) is 6.42 Å². The average molecular weight is 91.2 g/mol. The molecule has 0 saturated heterocycles. The SMILES string of the molecule is CCC([O])S. The van der Waals surface area contributed by atoms with Crippen LogP contribution in [-0.4, -0.2) is 5.44 Å². The summed E-state index contributed by atoms with van der Waals surface area (Å²) in [5.41, 5.74) is -0.671. The Morgan fingerprint density at radius 2 is 2.20 bits per heavy atom. The fraction of sp³-hybridized carbons (Fsp3) is 1.00. The van der Waals surface area contributed by atoms with Gasteiger partial charge in [0.05, 0.1) is 0 Å². The molecule has 31 valence electrons. The molecule has 0 saturated carbocycles. The quantitative estimate of drug-likeness (QED) is 0.368. The molecule has 1 atom stereocenters. The Morgan fingerprint density at radius 1 is 2.00 bits per heavy atom. The minimum atomic E-state index is -0.671. The zero-order valence-corrected chi connectivity index (χ0v) is 4.03. The topological polar surface area (TPSA) is 19.9 Å². The van der Waals surface area contributed by atoms with E-state index >= 15 is 0 Å². The van der Waals surface area contributed by atoms with Crippen molar-refractivity contribution in [1.29, 1.82) is 0 Å². The third-order valence-electron chi connectivity index (χ3n) is 0.349. The Bertz CT molecular complexity index is 20.9. The van der Waals surface area contributed by atoms with Gasteiger partial charge in [0.25, 0.3) is 0 Å². The summed E-state index contributed by atoms with van der Waals surface area (Å²) >= 11 is 3.54. The van der Waals surface area contributed by atoms with Gasteiger partial charge < -0.3 is 0 Å². The lowest BCUT2D eigenvalue weighted by Crippen LogP contribution is -1.85. The third-order valence-corrected chi connectivity index (χ3v) is 0.714. The smallest absolute Gasteiger partial charge is 0.135 e. The van der Waals surface area contributed by atoms with Crippen molar-refractivity contribution >= 4 is 12.6 Å². The van der Waals surface area contributed by atoms with Crippen molar-refractivity contribution in [3.63, 3.8) is 0 Å². The first-order chi connectivity index (χ1) is 2.27. The molecule has 0 bridgehead atoms. The van der Waals surface area contributed by atoms with E-state index in [1.807, 2.05) is 6.92 Å². The van der Waals surface area contributed by atoms with E-state index in [-0.39, 0.29) is 0 Å². The molecule has 0 aliphatic rings. The largest absolute Gasteiger partial charge is 0.222 e. The van der Waals surface area contributed by atoms with Crippen molar-refractivity contribution in [3.8, 4) is 0 Å². The summed E-state index contributed by atoms with van der Waals surface area (Å²) in [5, 5.41) is 9.76. The summed E-state index contributed by atoms with van der Waals surface area (Å²) in [6.07, 6.45) is 0.614. The van der Waals surface area contributed by atoms with Crippen LogP contribution < -0.4 is 0 Å². The lowest BCUT2D eigenvalue weighted by atomic mass is 10.5. The van der Waals surface area contributed by atoms with Gasteiger partial charge in [-0.2, -0.15) is 0 Å². The van der Waals surface area contributed by atoms with E-state index in [2.05, 4.69) is 12.6 Å². The number of hydrogen-bond donors (Lipinski definition) is 1. The molecule has 0 aromatic heterocycles. The highest BCUT2D eigenvalue weighted by Gasteiger charge is 1.86. The maximum atomic E-state index is 9.76. The van der Waals surface area contributed by atoms with Gasteiger partial charge in [0, 0.05) is 0 Å². The van der Waals surface area contributed by atoms with Crippen molar-refractivity contribution in [2.75, 3.05) is 0 Å². The van der Waals surface area contributed by atoms with Crippen LogP contribution >= 0.6 is 12.6 Å². The predicted molar refractivity (Wildman–Crippen MR) is 23.8 cm³/mol. The molecule has 0 N–H and O–H groups in total. The molecule has 1 nitrogen and oxygen atoms in total. The zero-order chi connectivity index (χ0) is 4.28. The number of hydrogen-bond acceptors (Lipinski definition) is 1. The van der Waals surface area contributed by atoms with Crippen molar-refractivity contribution in [2.24, 2.45) is 0 Å². The van der Waals surface area contributed by atoms with Crippen LogP contribution in [0.2, 0.25) is 0 Å². The van der Waals surface area contributed by atoms with Gasteiger partial charge in [-0.3, -0.25) is 0 Å². The fourth-order valence-corrected chi connectivity index (χ4v) is 0. The highest BCUT2D eigenvalue weighted by Crippen LogP contribution is 1.91. The van der Waals surface area contributed by atoms with Gasteiger partial charge in [-0.15, -0.1) is 12.6 Å². The highest BCUT2D eigenvalue weighted by atomic mass is 32.1. The Labute approximate surface area is 37.4 Å². The summed E-state index contributed by atoms with van der Waals surface area (Å²) < 4.78 is 0. The third kappa shape index (κ3) is 4.31. The second-order valence-corrected chi connectivity index (χ2v) is 1.44. The minimum absolute atomic E-state index is 0.614. The zero-order valence-electron chi connectivity index (χ0n) is 3.14. The lowest BCUT2D eigenvalue weighted by Gasteiger charge is -1.85. The normalized spacial score (nSPS) is 15.0. The Kier molecular flexibility index (Phi) is 2.70. The van der Waals surface area contributed by atoms with Crippen LogP contribution in [-0.2, 0) is 5.11 Å². The van der Waals surface area contributed by atoms with Crippen LogP contribution in [0.5, 0.6) is 0 Å². The Morgan fingerprint density at radius 3 is 2.20 bits per heavy atom. The van der Waals surface area contributed by atoms with E-state index in [1.165, 1.54) is 0 Å². The number of thiol groups is 1. The summed E-state index contributed by atoms with van der Waals surface area (Å²) in [6, 6.07) is 0. The van der Waals surface area contributed by atoms with E-state index in [0.717, 1.165) is 0 Å². The maximum Gasteiger partial charge on any atom is 0.135 e. The van der Waals surface area contributed by atoms with Gasteiger partial charge in [0.2, 0.25) is 0 Å². The molecule has 1 unspecified atom stereocenters. The van der Waals surface area contributed by atoms with Gasteiger partial charge in [0.1, 0.15) is 5.44 Å². The van der Waals surface area contributed by atoms with Crippen molar-refractivity contribution < 1.29 is 5.11 Å². The van der Waals surface area contributed by atoms with Crippen LogP contribution in [0, 0.1) is 0 Å². The van der Waals surface area contributed by atoms with E-state index in [9.17, 15) is 5.11 Å². The fourth-order valence-electron chi connectivity index (χ4n) is 0. The number of rotatable bonds is 1. The minimum Gasteiger partial charge on any atom is -0.222 e. The van der Waals surface area contributed by atoms with Crippen molar-refractivity contribution in [2.45, 2.75) is 18.8 Å². The summed E-state index contributed by atoms with van der Waals surface area (Å²) in [7, 11) is 0. The molecule has 2 heteroatoms. The molecule has 5 heavy (non-hydrogen) atoms. The summed E-state index contributed by atoms with van der Waals surface area (Å²) in [6.45, 7) is 1.81. The first-order valence-electron chi connectivity index (χ1n) is 1.61. The van der Waals surface area contributed by atoms with Gasteiger partial charge in [-0.1, -0.05) is 6.92 Å². The molecule has 0 amide bonds. The Hall–Kier alpha value is 0.310. The molecular formula is C3H7OS. The van der Waals surface area contributed by atoms with Crippen LogP contribution in [0.15, 0.2) is 0 Å².